The van der Waals surface area contributed by atoms with Crippen molar-refractivity contribution in [3.8, 4) is 10.6 Å². The third kappa shape index (κ3) is 5.77. The van der Waals surface area contributed by atoms with Gasteiger partial charge in [0.15, 0.2) is 0 Å². The first kappa shape index (κ1) is 18.2. The Morgan fingerprint density at radius 3 is 2.83 bits per heavy atom. The second-order valence-corrected chi connectivity index (χ2v) is 6.75. The Kier molecular flexibility index (Phi) is 7.30. The monoisotopic (exact) mass is 371 g/mol. The van der Waals surface area contributed by atoms with Gasteiger partial charge < -0.3 is 10.6 Å². The van der Waals surface area contributed by atoms with Gasteiger partial charge in [-0.1, -0.05) is 30.1 Å². The van der Waals surface area contributed by atoms with Crippen molar-refractivity contribution < 1.29 is 4.79 Å². The number of hydrogen-bond acceptors (Lipinski definition) is 4. The molecule has 0 fully saturated rings. The van der Waals surface area contributed by atoms with E-state index in [0.29, 0.717) is 16.6 Å². The highest BCUT2D eigenvalue weighted by molar-refractivity contribution is 7.13. The molecule has 124 valence electrons. The first-order valence-corrected chi connectivity index (χ1v) is 9.11. The third-order valence-electron chi connectivity index (χ3n) is 3.11. The van der Waals surface area contributed by atoms with Crippen molar-refractivity contribution in [2.75, 3.05) is 19.6 Å². The van der Waals surface area contributed by atoms with Gasteiger partial charge in [0.1, 0.15) is 5.01 Å². The van der Waals surface area contributed by atoms with Gasteiger partial charge in [0, 0.05) is 29.1 Å². The summed E-state index contributed by atoms with van der Waals surface area (Å²) in [6.45, 7) is 4.48. The normalized spacial score (nSPS) is 10.7. The third-order valence-corrected chi connectivity index (χ3v) is 4.58. The molecule has 0 radical (unpaired) electrons. The minimum atomic E-state index is -0.0256. The summed E-state index contributed by atoms with van der Waals surface area (Å²) in [5.41, 5.74) is 1.58. The second kappa shape index (κ2) is 9.23. The van der Waals surface area contributed by atoms with Crippen LogP contribution in [-0.4, -0.2) is 30.5 Å². The van der Waals surface area contributed by atoms with E-state index < -0.39 is 0 Å². The topological polar surface area (TPSA) is 54.0 Å². The van der Waals surface area contributed by atoms with Crippen LogP contribution < -0.4 is 10.6 Å². The van der Waals surface area contributed by atoms with Gasteiger partial charge in [0.2, 0.25) is 5.91 Å². The van der Waals surface area contributed by atoms with Crippen LogP contribution in [0.25, 0.3) is 10.6 Å². The van der Waals surface area contributed by atoms with E-state index in [0.717, 1.165) is 35.8 Å². The van der Waals surface area contributed by atoms with Crippen LogP contribution in [0, 0.1) is 0 Å². The van der Waals surface area contributed by atoms with Gasteiger partial charge in [-0.2, -0.15) is 0 Å². The van der Waals surface area contributed by atoms with E-state index in [9.17, 15) is 4.79 Å². The number of aromatic nitrogens is 1. The van der Waals surface area contributed by atoms with E-state index in [2.05, 4.69) is 22.5 Å². The highest BCUT2D eigenvalue weighted by Crippen LogP contribution is 2.32. The molecule has 7 heteroatoms. The maximum atomic E-state index is 11.9. The molecule has 0 saturated carbocycles. The highest BCUT2D eigenvalue weighted by Gasteiger charge is 2.11. The molecule has 4 nitrogen and oxygen atoms in total. The number of nitrogens with one attached hydrogen (secondary N) is 2. The van der Waals surface area contributed by atoms with Gasteiger partial charge >= 0.3 is 0 Å². The summed E-state index contributed by atoms with van der Waals surface area (Å²) in [6.07, 6.45) is 1.36. The van der Waals surface area contributed by atoms with Crippen LogP contribution in [0.5, 0.6) is 0 Å². The summed E-state index contributed by atoms with van der Waals surface area (Å²) in [5, 5.41) is 9.94. The van der Waals surface area contributed by atoms with Crippen molar-refractivity contribution in [2.45, 2.75) is 19.8 Å². The zero-order chi connectivity index (χ0) is 16.7. The van der Waals surface area contributed by atoms with Crippen molar-refractivity contribution >= 4 is 40.4 Å². The lowest BCUT2D eigenvalue weighted by atomic mass is 10.2. The molecule has 0 aliphatic rings. The zero-order valence-corrected chi connectivity index (χ0v) is 15.2. The molecular formula is C16H19Cl2N3OS. The van der Waals surface area contributed by atoms with Gasteiger partial charge in [-0.25, -0.2) is 4.98 Å². The molecule has 23 heavy (non-hydrogen) atoms. The molecule has 1 aromatic heterocycles. The fraction of sp³-hybridized carbons (Fsp3) is 0.375. The van der Waals surface area contributed by atoms with E-state index in [4.69, 9.17) is 23.2 Å². The molecule has 0 spiro atoms. The first-order valence-electron chi connectivity index (χ1n) is 7.47. The summed E-state index contributed by atoms with van der Waals surface area (Å²) < 4.78 is 0. The lowest BCUT2D eigenvalue weighted by molar-refractivity contribution is -0.120. The van der Waals surface area contributed by atoms with Crippen LogP contribution >= 0.6 is 34.5 Å². The van der Waals surface area contributed by atoms with E-state index >= 15 is 0 Å². The molecule has 0 saturated heterocycles. The number of amides is 1. The number of carbonyl (C=O) groups is 1. The molecule has 1 aromatic carbocycles. The number of hydrogen-bond donors (Lipinski definition) is 2. The summed E-state index contributed by atoms with van der Waals surface area (Å²) in [5.74, 6) is -0.0256. The van der Waals surface area contributed by atoms with Crippen molar-refractivity contribution in [1.82, 2.24) is 15.6 Å². The van der Waals surface area contributed by atoms with Gasteiger partial charge in [-0.3, -0.25) is 4.79 Å². The summed E-state index contributed by atoms with van der Waals surface area (Å²) in [6, 6.07) is 5.31. The molecule has 0 bridgehead atoms. The van der Waals surface area contributed by atoms with Crippen molar-refractivity contribution in [1.29, 1.82) is 0 Å². The molecule has 0 aliphatic carbocycles. The summed E-state index contributed by atoms with van der Waals surface area (Å²) in [4.78, 5) is 16.4. The Labute approximate surface area is 150 Å². The summed E-state index contributed by atoms with van der Waals surface area (Å²) in [7, 11) is 0. The Morgan fingerprint density at radius 1 is 1.26 bits per heavy atom. The largest absolute Gasteiger partial charge is 0.354 e. The lowest BCUT2D eigenvalue weighted by Crippen LogP contribution is -2.33. The van der Waals surface area contributed by atoms with Crippen molar-refractivity contribution in [2.24, 2.45) is 0 Å². The maximum absolute atomic E-state index is 11.9. The van der Waals surface area contributed by atoms with Gasteiger partial charge in [0.05, 0.1) is 17.1 Å². The number of nitrogens with zero attached hydrogens (tertiary/aromatic N) is 1. The molecule has 1 amide bonds. The second-order valence-electron chi connectivity index (χ2n) is 5.04. The number of thiazole rings is 1. The minimum absolute atomic E-state index is 0.0256. The fourth-order valence-corrected chi connectivity index (χ4v) is 3.41. The average Bonchev–Trinajstić information content (AvgIpc) is 2.95. The molecule has 0 aliphatic heterocycles. The van der Waals surface area contributed by atoms with E-state index in [-0.39, 0.29) is 12.3 Å². The number of benzene rings is 1. The number of rotatable bonds is 8. The van der Waals surface area contributed by atoms with E-state index in [1.54, 1.807) is 12.1 Å². The Bertz CT molecular complexity index is 661. The van der Waals surface area contributed by atoms with Gasteiger partial charge in [-0.15, -0.1) is 11.3 Å². The zero-order valence-electron chi connectivity index (χ0n) is 12.9. The van der Waals surface area contributed by atoms with Gasteiger partial charge in [0.25, 0.3) is 0 Å². The molecule has 0 unspecified atom stereocenters. The molecule has 2 rings (SSSR count). The van der Waals surface area contributed by atoms with Crippen molar-refractivity contribution in [3.63, 3.8) is 0 Å². The Hall–Kier alpha value is -1.14. The first-order chi connectivity index (χ1) is 11.1. The lowest BCUT2D eigenvalue weighted by Gasteiger charge is -2.05. The molecule has 2 N–H and O–H groups in total. The molecule has 2 aromatic rings. The van der Waals surface area contributed by atoms with Crippen molar-refractivity contribution in [3.05, 3.63) is 39.3 Å². The smallest absolute Gasteiger partial charge is 0.226 e. The maximum Gasteiger partial charge on any atom is 0.226 e. The van der Waals surface area contributed by atoms with Crippen LogP contribution in [0.2, 0.25) is 10.0 Å². The van der Waals surface area contributed by atoms with Crippen LogP contribution in [0.15, 0.2) is 23.6 Å². The van der Waals surface area contributed by atoms with Crippen LogP contribution in [0.1, 0.15) is 19.0 Å². The van der Waals surface area contributed by atoms with Crippen LogP contribution in [-0.2, 0) is 11.2 Å². The highest BCUT2D eigenvalue weighted by atomic mass is 35.5. The van der Waals surface area contributed by atoms with Gasteiger partial charge in [-0.05, 0) is 31.2 Å². The summed E-state index contributed by atoms with van der Waals surface area (Å²) >= 11 is 13.6. The van der Waals surface area contributed by atoms with E-state index in [1.807, 2.05) is 11.4 Å². The number of carbonyl (C=O) groups excluding carboxylic acids is 1. The van der Waals surface area contributed by atoms with Crippen LogP contribution in [0.3, 0.4) is 0 Å². The molecule has 0 atom stereocenters. The number of halogens is 2. The molecule has 1 heterocycles. The predicted molar refractivity (Wildman–Crippen MR) is 97.4 cm³/mol. The Morgan fingerprint density at radius 2 is 2.09 bits per heavy atom. The SMILES string of the molecule is CCCNCCNC(=O)Cc1csc(-c2ccc(Cl)cc2Cl)n1. The van der Waals surface area contributed by atoms with Crippen LogP contribution in [0.4, 0.5) is 0 Å². The fourth-order valence-electron chi connectivity index (χ4n) is 1.99. The predicted octanol–water partition coefficient (Wildman–Crippen LogP) is 3.78. The minimum Gasteiger partial charge on any atom is -0.354 e. The molecular weight excluding hydrogens is 353 g/mol. The van der Waals surface area contributed by atoms with E-state index in [1.165, 1.54) is 11.3 Å². The quantitative estimate of drug-likeness (QED) is 0.694. The average molecular weight is 372 g/mol. The standard InChI is InChI=1S/C16H19Cl2N3OS/c1-2-5-19-6-7-20-15(22)9-12-10-23-16(21-12)13-4-3-11(17)8-14(13)18/h3-4,8,10,19H,2,5-7,9H2,1H3,(H,20,22). The Balaban J connectivity index is 1.88.